The highest BCUT2D eigenvalue weighted by atomic mass is 32.2. The monoisotopic (exact) mass is 335 g/mol. The van der Waals surface area contributed by atoms with Crippen molar-refractivity contribution in [3.05, 3.63) is 65.2 Å². The van der Waals surface area contributed by atoms with Gasteiger partial charge < -0.3 is 5.32 Å². The van der Waals surface area contributed by atoms with Crippen molar-refractivity contribution in [1.82, 2.24) is 5.32 Å². The fraction of sp³-hybridized carbons (Fsp3) is 0.278. The molecule has 2 aromatic carbocycles. The second-order valence-corrected chi connectivity index (χ2v) is 6.32. The van der Waals surface area contributed by atoms with E-state index < -0.39 is 11.6 Å². The van der Waals surface area contributed by atoms with Crippen LogP contribution in [0.15, 0.2) is 47.4 Å². The maximum absolute atomic E-state index is 13.5. The quantitative estimate of drug-likeness (QED) is 0.780. The summed E-state index contributed by atoms with van der Waals surface area (Å²) in [7, 11) is 0. The second kappa shape index (κ2) is 8.11. The molecule has 23 heavy (non-hydrogen) atoms. The van der Waals surface area contributed by atoms with Crippen LogP contribution in [0.3, 0.4) is 0 Å². The van der Waals surface area contributed by atoms with E-state index in [-0.39, 0.29) is 22.6 Å². The van der Waals surface area contributed by atoms with Gasteiger partial charge in [0.05, 0.1) is 11.8 Å². The molecule has 0 heterocycles. The zero-order valence-corrected chi connectivity index (χ0v) is 13.9. The Balaban J connectivity index is 1.95. The van der Waals surface area contributed by atoms with Gasteiger partial charge in [-0.05, 0) is 37.1 Å². The lowest BCUT2D eigenvalue weighted by Gasteiger charge is -2.17. The van der Waals surface area contributed by atoms with Gasteiger partial charge in [-0.15, -0.1) is 11.8 Å². The number of amides is 1. The summed E-state index contributed by atoms with van der Waals surface area (Å²) in [5.41, 5.74) is 2.19. The lowest BCUT2D eigenvalue weighted by Crippen LogP contribution is -2.29. The van der Waals surface area contributed by atoms with Crippen LogP contribution in [0.2, 0.25) is 0 Å². The van der Waals surface area contributed by atoms with Crippen molar-refractivity contribution in [2.45, 2.75) is 31.2 Å². The first-order chi connectivity index (χ1) is 11.0. The topological polar surface area (TPSA) is 29.1 Å². The molecule has 0 saturated heterocycles. The fourth-order valence-electron chi connectivity index (χ4n) is 2.19. The van der Waals surface area contributed by atoms with E-state index in [0.717, 1.165) is 47.5 Å². The highest BCUT2D eigenvalue weighted by molar-refractivity contribution is 8.00. The molecule has 1 N–H and O–H groups in total. The molecule has 122 valence electrons. The zero-order valence-electron chi connectivity index (χ0n) is 13.1. The van der Waals surface area contributed by atoms with E-state index >= 15 is 0 Å². The smallest absolute Gasteiger partial charge is 0.230 e. The summed E-state index contributed by atoms with van der Waals surface area (Å²) >= 11 is 0.992. The van der Waals surface area contributed by atoms with Gasteiger partial charge in [0.25, 0.3) is 0 Å². The molecule has 2 nitrogen and oxygen atoms in total. The molecule has 2 rings (SSSR count). The van der Waals surface area contributed by atoms with E-state index in [4.69, 9.17) is 0 Å². The predicted octanol–water partition coefficient (Wildman–Crippen LogP) is 4.63. The average Bonchev–Trinajstić information content (AvgIpc) is 2.54. The summed E-state index contributed by atoms with van der Waals surface area (Å²) in [6.45, 7) is 4.00. The van der Waals surface area contributed by atoms with Crippen LogP contribution in [0.4, 0.5) is 8.78 Å². The van der Waals surface area contributed by atoms with Gasteiger partial charge in [0.15, 0.2) is 0 Å². The summed E-state index contributed by atoms with van der Waals surface area (Å²) in [4.78, 5) is 12.2. The van der Waals surface area contributed by atoms with Crippen LogP contribution < -0.4 is 5.32 Å². The molecule has 5 heteroatoms. The van der Waals surface area contributed by atoms with Crippen LogP contribution in [0.25, 0.3) is 0 Å². The van der Waals surface area contributed by atoms with Crippen LogP contribution in [0.5, 0.6) is 0 Å². The molecule has 0 aliphatic heterocycles. The van der Waals surface area contributed by atoms with Crippen molar-refractivity contribution in [1.29, 1.82) is 0 Å². The molecule has 0 aliphatic rings. The summed E-state index contributed by atoms with van der Waals surface area (Å²) in [6, 6.07) is 11.1. The third-order valence-electron chi connectivity index (χ3n) is 3.48. The van der Waals surface area contributed by atoms with E-state index in [1.807, 2.05) is 38.1 Å². The minimum absolute atomic E-state index is 0.0444. The molecule has 1 atom stereocenters. The van der Waals surface area contributed by atoms with Crippen molar-refractivity contribution in [2.75, 3.05) is 5.75 Å². The summed E-state index contributed by atoms with van der Waals surface area (Å²) in [5, 5.41) is 2.93. The number of carbonyl (C=O) groups is 1. The minimum atomic E-state index is -0.519. The molecule has 0 aromatic heterocycles. The summed E-state index contributed by atoms with van der Waals surface area (Å²) in [6.07, 6.45) is 0.758. The molecule has 0 fully saturated rings. The number of carbonyl (C=O) groups excluding carboxylic acids is 1. The first-order valence-corrected chi connectivity index (χ1v) is 8.42. The Labute approximate surface area is 139 Å². The van der Waals surface area contributed by atoms with E-state index in [1.165, 1.54) is 0 Å². The zero-order chi connectivity index (χ0) is 16.8. The third kappa shape index (κ3) is 5.06. The Bertz CT molecular complexity index is 673. The molecule has 1 amide bonds. The van der Waals surface area contributed by atoms with E-state index in [1.54, 1.807) is 0 Å². The number of hydrogen-bond donors (Lipinski definition) is 1. The normalized spacial score (nSPS) is 12.0. The Morgan fingerprint density at radius 1 is 1.17 bits per heavy atom. The van der Waals surface area contributed by atoms with Crippen LogP contribution >= 0.6 is 11.8 Å². The SMILES string of the molecule is CC[C@@H](NC(=O)CSc1cc(F)ccc1F)c1ccc(C)cc1. The van der Waals surface area contributed by atoms with Crippen molar-refractivity contribution in [2.24, 2.45) is 0 Å². The van der Waals surface area contributed by atoms with Crippen molar-refractivity contribution >= 4 is 17.7 Å². The number of halogens is 2. The Morgan fingerprint density at radius 3 is 2.52 bits per heavy atom. The number of hydrogen-bond acceptors (Lipinski definition) is 2. The fourth-order valence-corrected chi connectivity index (χ4v) is 2.96. The van der Waals surface area contributed by atoms with Crippen LogP contribution in [-0.2, 0) is 4.79 Å². The van der Waals surface area contributed by atoms with Gasteiger partial charge >= 0.3 is 0 Å². The minimum Gasteiger partial charge on any atom is -0.349 e. The van der Waals surface area contributed by atoms with Gasteiger partial charge in [-0.1, -0.05) is 36.8 Å². The number of thioether (sulfide) groups is 1. The van der Waals surface area contributed by atoms with Crippen molar-refractivity contribution in [3.8, 4) is 0 Å². The Hall–Kier alpha value is -1.88. The predicted molar refractivity (Wildman–Crippen MR) is 89.4 cm³/mol. The van der Waals surface area contributed by atoms with Gasteiger partial charge in [0.1, 0.15) is 11.6 Å². The third-order valence-corrected chi connectivity index (χ3v) is 4.51. The van der Waals surface area contributed by atoms with Gasteiger partial charge in [-0.25, -0.2) is 8.78 Å². The highest BCUT2D eigenvalue weighted by Crippen LogP contribution is 2.23. The molecule has 0 radical (unpaired) electrons. The van der Waals surface area contributed by atoms with Crippen LogP contribution in [-0.4, -0.2) is 11.7 Å². The first kappa shape index (κ1) is 17.5. The number of aryl methyl sites for hydroxylation is 1. The Kier molecular flexibility index (Phi) is 6.16. The average molecular weight is 335 g/mol. The summed E-state index contributed by atoms with van der Waals surface area (Å²) < 4.78 is 26.6. The highest BCUT2D eigenvalue weighted by Gasteiger charge is 2.14. The van der Waals surface area contributed by atoms with Crippen LogP contribution in [0.1, 0.15) is 30.5 Å². The van der Waals surface area contributed by atoms with Crippen molar-refractivity contribution in [3.63, 3.8) is 0 Å². The molecular weight excluding hydrogens is 316 g/mol. The molecular formula is C18H19F2NOS. The van der Waals surface area contributed by atoms with Gasteiger partial charge in [-0.3, -0.25) is 4.79 Å². The second-order valence-electron chi connectivity index (χ2n) is 5.30. The lowest BCUT2D eigenvalue weighted by atomic mass is 10.0. The van der Waals surface area contributed by atoms with Gasteiger partial charge in [-0.2, -0.15) is 0 Å². The van der Waals surface area contributed by atoms with E-state index in [9.17, 15) is 13.6 Å². The maximum atomic E-state index is 13.5. The van der Waals surface area contributed by atoms with Crippen LogP contribution in [0, 0.1) is 18.6 Å². The van der Waals surface area contributed by atoms with E-state index in [2.05, 4.69) is 5.32 Å². The van der Waals surface area contributed by atoms with Crippen molar-refractivity contribution < 1.29 is 13.6 Å². The van der Waals surface area contributed by atoms with E-state index in [0.29, 0.717) is 0 Å². The first-order valence-electron chi connectivity index (χ1n) is 7.43. The largest absolute Gasteiger partial charge is 0.349 e. The number of benzene rings is 2. The number of rotatable bonds is 6. The molecule has 2 aromatic rings. The lowest BCUT2D eigenvalue weighted by molar-refractivity contribution is -0.119. The molecule has 0 aliphatic carbocycles. The molecule has 0 spiro atoms. The summed E-state index contributed by atoms with van der Waals surface area (Å²) in [5.74, 6) is -1.19. The van der Waals surface area contributed by atoms with Gasteiger partial charge in [0.2, 0.25) is 5.91 Å². The van der Waals surface area contributed by atoms with Gasteiger partial charge in [0, 0.05) is 4.90 Å². The molecule has 0 unspecified atom stereocenters. The molecule has 0 bridgehead atoms. The Morgan fingerprint density at radius 2 is 1.87 bits per heavy atom. The number of nitrogens with one attached hydrogen (secondary N) is 1. The maximum Gasteiger partial charge on any atom is 0.230 e. The standard InChI is InChI=1S/C18H19F2NOS/c1-3-16(13-6-4-12(2)5-7-13)21-18(22)11-23-17-10-14(19)8-9-15(17)20/h4-10,16H,3,11H2,1-2H3,(H,21,22)/t16-/m1/s1. The molecule has 0 saturated carbocycles.